The van der Waals surface area contributed by atoms with Crippen molar-refractivity contribution >= 4 is 29.2 Å². The van der Waals surface area contributed by atoms with Gasteiger partial charge in [-0.2, -0.15) is 0 Å². The second-order valence-corrected chi connectivity index (χ2v) is 5.69. The van der Waals surface area contributed by atoms with E-state index in [-0.39, 0.29) is 0 Å². The van der Waals surface area contributed by atoms with E-state index in [1.54, 1.807) is 0 Å². The van der Waals surface area contributed by atoms with Crippen LogP contribution in [0.5, 0.6) is 0 Å². The minimum atomic E-state index is 0.446. The second kappa shape index (κ2) is 5.85. The highest BCUT2D eigenvalue weighted by atomic mass is 32.1. The first kappa shape index (κ1) is 12.9. The molecular formula is C13H18N2S2. The lowest BCUT2D eigenvalue weighted by molar-refractivity contribution is 0.155. The third-order valence-corrected chi connectivity index (χ3v) is 3.74. The lowest BCUT2D eigenvalue weighted by atomic mass is 10.0. The lowest BCUT2D eigenvalue weighted by Crippen LogP contribution is -2.53. The van der Waals surface area contributed by atoms with Gasteiger partial charge in [0.15, 0.2) is 0 Å². The lowest BCUT2D eigenvalue weighted by Gasteiger charge is -2.40. The van der Waals surface area contributed by atoms with Gasteiger partial charge in [-0.25, -0.2) is 0 Å². The third kappa shape index (κ3) is 3.44. The SMILES string of the molecule is CN1CCN(C(=S)S)C(Cc2ccccc2)C1. The summed E-state index contributed by atoms with van der Waals surface area (Å²) >= 11 is 9.55. The van der Waals surface area contributed by atoms with Crippen molar-refractivity contribution in [2.45, 2.75) is 12.5 Å². The number of thiol groups is 1. The van der Waals surface area contributed by atoms with E-state index in [0.717, 1.165) is 30.4 Å². The van der Waals surface area contributed by atoms with Gasteiger partial charge in [0.25, 0.3) is 0 Å². The van der Waals surface area contributed by atoms with Crippen molar-refractivity contribution in [2.24, 2.45) is 0 Å². The van der Waals surface area contributed by atoms with Crippen LogP contribution in [0.4, 0.5) is 0 Å². The van der Waals surface area contributed by atoms with E-state index in [4.69, 9.17) is 12.2 Å². The maximum atomic E-state index is 5.22. The molecular weight excluding hydrogens is 248 g/mol. The second-order valence-electron chi connectivity index (χ2n) is 4.58. The third-order valence-electron chi connectivity index (χ3n) is 3.25. The molecule has 0 aliphatic carbocycles. The molecule has 0 radical (unpaired) electrons. The Hall–Kier alpha value is -0.580. The van der Waals surface area contributed by atoms with Crippen molar-refractivity contribution in [3.8, 4) is 0 Å². The van der Waals surface area contributed by atoms with Crippen LogP contribution in [0.15, 0.2) is 30.3 Å². The Bertz CT molecular complexity index is 380. The Morgan fingerprint density at radius 1 is 1.35 bits per heavy atom. The molecule has 1 heterocycles. The Morgan fingerprint density at radius 2 is 2.06 bits per heavy atom. The zero-order chi connectivity index (χ0) is 12.3. The van der Waals surface area contributed by atoms with E-state index in [2.05, 4.69) is 59.8 Å². The van der Waals surface area contributed by atoms with Gasteiger partial charge < -0.3 is 9.80 Å². The van der Waals surface area contributed by atoms with E-state index in [1.165, 1.54) is 5.56 Å². The number of likely N-dealkylation sites (N-methyl/N-ethyl adjacent to an activating group) is 1. The zero-order valence-corrected chi connectivity index (χ0v) is 11.8. The minimum Gasteiger partial charge on any atom is -0.352 e. The predicted molar refractivity (Wildman–Crippen MR) is 79.7 cm³/mol. The number of piperazine rings is 1. The van der Waals surface area contributed by atoms with Crippen LogP contribution in [0.1, 0.15) is 5.56 Å². The standard InChI is InChI=1S/C13H18N2S2/c1-14-7-8-15(13(16)17)12(10-14)9-11-5-3-2-4-6-11/h2-6,12H,7-10H2,1H3,(H,16,17). The summed E-state index contributed by atoms with van der Waals surface area (Å²) in [4.78, 5) is 4.60. The van der Waals surface area contributed by atoms with Gasteiger partial charge in [0, 0.05) is 25.7 Å². The molecule has 1 aliphatic heterocycles. The van der Waals surface area contributed by atoms with E-state index in [9.17, 15) is 0 Å². The Kier molecular flexibility index (Phi) is 4.42. The smallest absolute Gasteiger partial charge is 0.133 e. The van der Waals surface area contributed by atoms with Crippen molar-refractivity contribution < 1.29 is 0 Å². The highest BCUT2D eigenvalue weighted by molar-refractivity contribution is 8.10. The molecule has 1 unspecified atom stereocenters. The van der Waals surface area contributed by atoms with E-state index in [0.29, 0.717) is 6.04 Å². The average molecular weight is 266 g/mol. The quantitative estimate of drug-likeness (QED) is 0.647. The van der Waals surface area contributed by atoms with E-state index >= 15 is 0 Å². The molecule has 4 heteroatoms. The van der Waals surface area contributed by atoms with Gasteiger partial charge in [-0.1, -0.05) is 42.5 Å². The molecule has 1 saturated heterocycles. The number of rotatable bonds is 2. The number of benzene rings is 1. The predicted octanol–water partition coefficient (Wildman–Crippen LogP) is 2.06. The Morgan fingerprint density at radius 3 is 2.71 bits per heavy atom. The normalized spacial score (nSPS) is 21.5. The number of hydrogen-bond donors (Lipinski definition) is 1. The van der Waals surface area contributed by atoms with Crippen LogP contribution < -0.4 is 0 Å². The van der Waals surface area contributed by atoms with Crippen LogP contribution in [0.3, 0.4) is 0 Å². The van der Waals surface area contributed by atoms with Gasteiger partial charge in [-0.05, 0) is 19.0 Å². The first-order valence-corrected chi connectivity index (χ1v) is 6.74. The first-order valence-electron chi connectivity index (χ1n) is 5.89. The zero-order valence-electron chi connectivity index (χ0n) is 10.0. The number of thiocarbonyl (C=S) groups is 1. The molecule has 0 bridgehead atoms. The molecule has 0 amide bonds. The molecule has 92 valence electrons. The minimum absolute atomic E-state index is 0.446. The van der Waals surface area contributed by atoms with Gasteiger partial charge in [0.05, 0.1) is 0 Å². The molecule has 1 atom stereocenters. The summed E-state index contributed by atoms with van der Waals surface area (Å²) in [5, 5.41) is 0. The van der Waals surface area contributed by atoms with Crippen molar-refractivity contribution in [2.75, 3.05) is 26.7 Å². The molecule has 1 aromatic carbocycles. The molecule has 17 heavy (non-hydrogen) atoms. The maximum Gasteiger partial charge on any atom is 0.133 e. The van der Waals surface area contributed by atoms with Crippen LogP contribution in [0, 0.1) is 0 Å². The molecule has 2 nitrogen and oxygen atoms in total. The van der Waals surface area contributed by atoms with E-state index < -0.39 is 0 Å². The van der Waals surface area contributed by atoms with Crippen LogP contribution in [0.25, 0.3) is 0 Å². The van der Waals surface area contributed by atoms with E-state index in [1.807, 2.05) is 0 Å². The van der Waals surface area contributed by atoms with Crippen LogP contribution in [0.2, 0.25) is 0 Å². The molecule has 1 aromatic rings. The fourth-order valence-electron chi connectivity index (χ4n) is 2.32. The summed E-state index contributed by atoms with van der Waals surface area (Å²) in [5.74, 6) is 0. The molecule has 0 N–H and O–H groups in total. The summed E-state index contributed by atoms with van der Waals surface area (Å²) < 4.78 is 0.721. The molecule has 0 aromatic heterocycles. The summed E-state index contributed by atoms with van der Waals surface area (Å²) in [6.45, 7) is 3.10. The highest BCUT2D eigenvalue weighted by Gasteiger charge is 2.25. The monoisotopic (exact) mass is 266 g/mol. The van der Waals surface area contributed by atoms with Gasteiger partial charge >= 0.3 is 0 Å². The average Bonchev–Trinajstić information content (AvgIpc) is 2.30. The van der Waals surface area contributed by atoms with Crippen molar-refractivity contribution in [3.63, 3.8) is 0 Å². The van der Waals surface area contributed by atoms with Crippen molar-refractivity contribution in [1.82, 2.24) is 9.80 Å². The Labute approximate surface area is 114 Å². The molecule has 0 spiro atoms. The molecule has 2 rings (SSSR count). The number of hydrogen-bond acceptors (Lipinski definition) is 2. The summed E-state index contributed by atoms with van der Waals surface area (Å²) in [7, 11) is 2.16. The van der Waals surface area contributed by atoms with Gasteiger partial charge in [-0.3, -0.25) is 0 Å². The van der Waals surface area contributed by atoms with Gasteiger partial charge in [0.2, 0.25) is 0 Å². The van der Waals surface area contributed by atoms with Crippen LogP contribution in [-0.4, -0.2) is 46.8 Å². The topological polar surface area (TPSA) is 6.48 Å². The first-order chi connectivity index (χ1) is 8.16. The maximum absolute atomic E-state index is 5.22. The summed E-state index contributed by atoms with van der Waals surface area (Å²) in [5.41, 5.74) is 1.36. The summed E-state index contributed by atoms with van der Waals surface area (Å²) in [6, 6.07) is 11.0. The van der Waals surface area contributed by atoms with Crippen molar-refractivity contribution in [3.05, 3.63) is 35.9 Å². The largest absolute Gasteiger partial charge is 0.352 e. The number of nitrogens with zero attached hydrogens (tertiary/aromatic N) is 2. The van der Waals surface area contributed by atoms with Crippen LogP contribution >= 0.6 is 24.8 Å². The van der Waals surface area contributed by atoms with Gasteiger partial charge in [-0.15, -0.1) is 12.6 Å². The van der Waals surface area contributed by atoms with Crippen molar-refractivity contribution in [1.29, 1.82) is 0 Å². The van der Waals surface area contributed by atoms with Crippen LogP contribution in [-0.2, 0) is 6.42 Å². The fraction of sp³-hybridized carbons (Fsp3) is 0.462. The highest BCUT2D eigenvalue weighted by Crippen LogP contribution is 2.16. The molecule has 1 aliphatic rings. The fourth-order valence-corrected chi connectivity index (χ4v) is 2.83. The Balaban J connectivity index is 2.08. The molecule has 1 fully saturated rings. The molecule has 0 saturated carbocycles. The van der Waals surface area contributed by atoms with Gasteiger partial charge in [0.1, 0.15) is 4.32 Å². The summed E-state index contributed by atoms with van der Waals surface area (Å²) in [6.07, 6.45) is 1.03.